The van der Waals surface area contributed by atoms with Crippen LogP contribution >= 0.6 is 24.0 Å². The standard InChI is InChI=1S/C18H20F3N3.HI/c1-22-17(24-13-15-5-3-2-4-6-15)23-12-11-14-7-9-16(10-8-14)18(19,20)21;/h2-10H,11-13H2,1H3,(H2,22,23,24);1H. The first-order chi connectivity index (χ1) is 11.5. The van der Waals surface area contributed by atoms with E-state index in [0.717, 1.165) is 23.3 Å². The summed E-state index contributed by atoms with van der Waals surface area (Å²) in [5.41, 5.74) is 1.36. The maximum Gasteiger partial charge on any atom is 0.416 e. The summed E-state index contributed by atoms with van der Waals surface area (Å²) in [7, 11) is 1.68. The van der Waals surface area contributed by atoms with Gasteiger partial charge in [-0.25, -0.2) is 0 Å². The summed E-state index contributed by atoms with van der Waals surface area (Å²) in [5, 5.41) is 6.34. The van der Waals surface area contributed by atoms with E-state index >= 15 is 0 Å². The minimum absolute atomic E-state index is 0. The molecule has 0 aromatic heterocycles. The van der Waals surface area contributed by atoms with Crippen LogP contribution in [0.3, 0.4) is 0 Å². The Balaban J connectivity index is 0.00000312. The maximum absolute atomic E-state index is 12.5. The molecule has 25 heavy (non-hydrogen) atoms. The van der Waals surface area contributed by atoms with Gasteiger partial charge >= 0.3 is 6.18 Å². The third-order valence-corrected chi connectivity index (χ3v) is 3.51. The number of aliphatic imine (C=N–C) groups is 1. The highest BCUT2D eigenvalue weighted by molar-refractivity contribution is 14.0. The number of alkyl halides is 3. The second-order valence-corrected chi connectivity index (χ2v) is 5.28. The zero-order chi connectivity index (χ0) is 17.4. The summed E-state index contributed by atoms with van der Waals surface area (Å²) in [6.45, 7) is 1.24. The third kappa shape index (κ3) is 7.33. The van der Waals surface area contributed by atoms with E-state index in [9.17, 15) is 13.2 Å². The van der Waals surface area contributed by atoms with Gasteiger partial charge in [0.25, 0.3) is 0 Å². The summed E-state index contributed by atoms with van der Waals surface area (Å²) in [4.78, 5) is 4.13. The van der Waals surface area contributed by atoms with Gasteiger partial charge < -0.3 is 10.6 Å². The Bertz CT molecular complexity index is 656. The zero-order valence-electron chi connectivity index (χ0n) is 13.8. The number of nitrogens with zero attached hydrogens (tertiary/aromatic N) is 1. The third-order valence-electron chi connectivity index (χ3n) is 3.51. The van der Waals surface area contributed by atoms with Gasteiger partial charge in [0.15, 0.2) is 5.96 Å². The van der Waals surface area contributed by atoms with Crippen molar-refractivity contribution in [3.63, 3.8) is 0 Å². The fourth-order valence-corrected chi connectivity index (χ4v) is 2.19. The normalized spacial score (nSPS) is 11.6. The van der Waals surface area contributed by atoms with Crippen molar-refractivity contribution in [3.8, 4) is 0 Å². The van der Waals surface area contributed by atoms with E-state index in [-0.39, 0.29) is 24.0 Å². The summed E-state index contributed by atoms with van der Waals surface area (Å²) in [6.07, 6.45) is -3.68. The molecule has 0 bridgehead atoms. The van der Waals surface area contributed by atoms with E-state index in [1.54, 1.807) is 7.05 Å². The largest absolute Gasteiger partial charge is 0.416 e. The van der Waals surface area contributed by atoms with Crippen LogP contribution in [0.1, 0.15) is 16.7 Å². The van der Waals surface area contributed by atoms with Crippen molar-refractivity contribution in [3.05, 3.63) is 71.3 Å². The smallest absolute Gasteiger partial charge is 0.356 e. The highest BCUT2D eigenvalue weighted by Crippen LogP contribution is 2.29. The molecule has 2 aromatic rings. The molecule has 0 heterocycles. The number of rotatable bonds is 5. The predicted octanol–water partition coefficient (Wildman–Crippen LogP) is 4.23. The van der Waals surface area contributed by atoms with Crippen molar-refractivity contribution < 1.29 is 13.2 Å². The summed E-state index contributed by atoms with van der Waals surface area (Å²) < 4.78 is 37.5. The molecule has 2 N–H and O–H groups in total. The molecule has 3 nitrogen and oxygen atoms in total. The molecule has 0 saturated heterocycles. The van der Waals surface area contributed by atoms with Crippen molar-refractivity contribution in [1.82, 2.24) is 10.6 Å². The molecule has 0 aliphatic heterocycles. The Kier molecular flexibility index (Phi) is 8.74. The lowest BCUT2D eigenvalue weighted by Crippen LogP contribution is -2.37. The number of nitrogens with one attached hydrogen (secondary N) is 2. The molecule has 0 amide bonds. The van der Waals surface area contributed by atoms with Crippen LogP contribution in [0, 0.1) is 0 Å². The molecular formula is C18H21F3IN3. The van der Waals surface area contributed by atoms with E-state index in [1.807, 2.05) is 30.3 Å². The summed E-state index contributed by atoms with van der Waals surface area (Å²) in [6, 6.07) is 15.2. The van der Waals surface area contributed by atoms with Crippen molar-refractivity contribution in [2.75, 3.05) is 13.6 Å². The monoisotopic (exact) mass is 463 g/mol. The minimum Gasteiger partial charge on any atom is -0.356 e. The lowest BCUT2D eigenvalue weighted by molar-refractivity contribution is -0.137. The number of halogens is 4. The highest BCUT2D eigenvalue weighted by atomic mass is 127. The van der Waals surface area contributed by atoms with Gasteiger partial charge in [0.2, 0.25) is 0 Å². The van der Waals surface area contributed by atoms with Crippen LogP contribution < -0.4 is 10.6 Å². The summed E-state index contributed by atoms with van der Waals surface area (Å²) >= 11 is 0. The lowest BCUT2D eigenvalue weighted by atomic mass is 10.1. The van der Waals surface area contributed by atoms with Crippen molar-refractivity contribution in [2.45, 2.75) is 19.1 Å². The molecule has 0 aliphatic rings. The molecule has 0 unspecified atom stereocenters. The van der Waals surface area contributed by atoms with Gasteiger partial charge in [-0.3, -0.25) is 4.99 Å². The topological polar surface area (TPSA) is 36.4 Å². The average Bonchev–Trinajstić information content (AvgIpc) is 2.58. The van der Waals surface area contributed by atoms with Crippen LogP contribution in [0.4, 0.5) is 13.2 Å². The van der Waals surface area contributed by atoms with Crippen LogP contribution in [-0.2, 0) is 19.1 Å². The van der Waals surface area contributed by atoms with E-state index in [2.05, 4.69) is 15.6 Å². The van der Waals surface area contributed by atoms with Gasteiger partial charge in [0.05, 0.1) is 5.56 Å². The van der Waals surface area contributed by atoms with Crippen LogP contribution in [0.2, 0.25) is 0 Å². The molecule has 0 fully saturated rings. The second-order valence-electron chi connectivity index (χ2n) is 5.28. The Morgan fingerprint density at radius 3 is 2.12 bits per heavy atom. The fraction of sp³-hybridized carbons (Fsp3) is 0.278. The Morgan fingerprint density at radius 1 is 0.920 bits per heavy atom. The maximum atomic E-state index is 12.5. The van der Waals surface area contributed by atoms with E-state index in [1.165, 1.54) is 12.1 Å². The van der Waals surface area contributed by atoms with E-state index < -0.39 is 11.7 Å². The molecule has 0 spiro atoms. The number of guanidine groups is 1. The van der Waals surface area contributed by atoms with Crippen LogP contribution in [-0.4, -0.2) is 19.6 Å². The quantitative estimate of drug-likeness (QED) is 0.396. The van der Waals surface area contributed by atoms with E-state index in [0.29, 0.717) is 25.5 Å². The molecule has 136 valence electrons. The van der Waals surface area contributed by atoms with Gasteiger partial charge in [-0.1, -0.05) is 42.5 Å². The zero-order valence-corrected chi connectivity index (χ0v) is 16.1. The summed E-state index contributed by atoms with van der Waals surface area (Å²) in [5.74, 6) is 0.658. The highest BCUT2D eigenvalue weighted by Gasteiger charge is 2.29. The molecule has 7 heteroatoms. The predicted molar refractivity (Wildman–Crippen MR) is 105 cm³/mol. The molecular weight excluding hydrogens is 442 g/mol. The Hall–Kier alpha value is -1.77. The number of hydrogen-bond acceptors (Lipinski definition) is 1. The van der Waals surface area contributed by atoms with Gasteiger partial charge in [-0.05, 0) is 29.7 Å². The minimum atomic E-state index is -4.29. The molecule has 0 saturated carbocycles. The SMILES string of the molecule is CN=C(NCCc1ccc(C(F)(F)F)cc1)NCc1ccccc1.I. The van der Waals surface area contributed by atoms with Gasteiger partial charge in [-0.2, -0.15) is 13.2 Å². The molecule has 0 atom stereocenters. The van der Waals surface area contributed by atoms with Gasteiger partial charge in [0.1, 0.15) is 0 Å². The lowest BCUT2D eigenvalue weighted by Gasteiger charge is -2.12. The number of benzene rings is 2. The van der Waals surface area contributed by atoms with Crippen LogP contribution in [0.15, 0.2) is 59.6 Å². The van der Waals surface area contributed by atoms with E-state index in [4.69, 9.17) is 0 Å². The molecule has 0 radical (unpaired) electrons. The van der Waals surface area contributed by atoms with Crippen molar-refractivity contribution in [2.24, 2.45) is 4.99 Å². The van der Waals surface area contributed by atoms with Crippen molar-refractivity contribution in [1.29, 1.82) is 0 Å². The average molecular weight is 463 g/mol. The van der Waals surface area contributed by atoms with Crippen molar-refractivity contribution >= 4 is 29.9 Å². The van der Waals surface area contributed by atoms with Gasteiger partial charge in [0, 0.05) is 20.1 Å². The first-order valence-electron chi connectivity index (χ1n) is 7.63. The molecule has 2 aromatic carbocycles. The molecule has 2 rings (SSSR count). The molecule has 0 aliphatic carbocycles. The number of hydrogen-bond donors (Lipinski definition) is 2. The first-order valence-corrected chi connectivity index (χ1v) is 7.63. The first kappa shape index (κ1) is 21.3. The van der Waals surface area contributed by atoms with Gasteiger partial charge in [-0.15, -0.1) is 24.0 Å². The fourth-order valence-electron chi connectivity index (χ4n) is 2.19. The second kappa shape index (κ2) is 10.3. The van der Waals surface area contributed by atoms with Crippen LogP contribution in [0.5, 0.6) is 0 Å². The Morgan fingerprint density at radius 2 is 1.56 bits per heavy atom. The van der Waals surface area contributed by atoms with Crippen LogP contribution in [0.25, 0.3) is 0 Å². The Labute approximate surface area is 162 Å².